The lowest BCUT2D eigenvalue weighted by molar-refractivity contribution is -0.143. The van der Waals surface area contributed by atoms with Crippen LogP contribution in [0.5, 0.6) is 11.5 Å². The van der Waals surface area contributed by atoms with Crippen LogP contribution < -0.4 is 14.8 Å². The van der Waals surface area contributed by atoms with Crippen molar-refractivity contribution in [2.24, 2.45) is 5.92 Å². The van der Waals surface area contributed by atoms with Gasteiger partial charge in [-0.1, -0.05) is 19.9 Å². The summed E-state index contributed by atoms with van der Waals surface area (Å²) in [4.78, 5) is 22.6. The van der Waals surface area contributed by atoms with Gasteiger partial charge in [0.05, 0.1) is 7.11 Å². The highest BCUT2D eigenvalue weighted by atomic mass is 16.5. The van der Waals surface area contributed by atoms with Crippen molar-refractivity contribution in [2.75, 3.05) is 13.7 Å². The Morgan fingerprint density at radius 3 is 2.50 bits per heavy atom. The van der Waals surface area contributed by atoms with Crippen molar-refractivity contribution >= 4 is 11.9 Å². The molecule has 0 saturated heterocycles. The van der Waals surface area contributed by atoms with Crippen LogP contribution in [-0.2, 0) is 9.59 Å². The molecule has 0 saturated carbocycles. The summed E-state index contributed by atoms with van der Waals surface area (Å²) in [6.45, 7) is 3.20. The Labute approximate surface area is 117 Å². The summed E-state index contributed by atoms with van der Waals surface area (Å²) >= 11 is 0. The van der Waals surface area contributed by atoms with Crippen LogP contribution in [0.25, 0.3) is 0 Å². The van der Waals surface area contributed by atoms with Crippen LogP contribution in [0.15, 0.2) is 24.3 Å². The lowest BCUT2D eigenvalue weighted by atomic mass is 10.1. The van der Waals surface area contributed by atoms with E-state index in [9.17, 15) is 9.59 Å². The molecule has 1 rings (SSSR count). The van der Waals surface area contributed by atoms with E-state index in [1.54, 1.807) is 38.1 Å². The summed E-state index contributed by atoms with van der Waals surface area (Å²) in [6.07, 6.45) is 0. The molecule has 0 spiro atoms. The Morgan fingerprint density at radius 1 is 1.30 bits per heavy atom. The van der Waals surface area contributed by atoms with E-state index in [0.29, 0.717) is 11.5 Å². The minimum absolute atomic E-state index is 0.201. The fourth-order valence-electron chi connectivity index (χ4n) is 1.57. The number of amides is 1. The van der Waals surface area contributed by atoms with Gasteiger partial charge in [-0.2, -0.15) is 0 Å². The Kier molecular flexibility index (Phi) is 5.83. The largest absolute Gasteiger partial charge is 0.497 e. The Hall–Kier alpha value is -2.24. The number of aliphatic carboxylic acids is 1. The van der Waals surface area contributed by atoms with Crippen molar-refractivity contribution < 1.29 is 24.2 Å². The third kappa shape index (κ3) is 4.79. The van der Waals surface area contributed by atoms with Gasteiger partial charge in [0, 0.05) is 6.07 Å². The van der Waals surface area contributed by atoms with Gasteiger partial charge < -0.3 is 19.9 Å². The molecule has 6 nitrogen and oxygen atoms in total. The number of benzene rings is 1. The predicted molar refractivity (Wildman–Crippen MR) is 72.9 cm³/mol. The maximum atomic E-state index is 11.7. The van der Waals surface area contributed by atoms with Gasteiger partial charge in [0.1, 0.15) is 17.5 Å². The van der Waals surface area contributed by atoms with E-state index < -0.39 is 17.9 Å². The minimum Gasteiger partial charge on any atom is -0.497 e. The summed E-state index contributed by atoms with van der Waals surface area (Å²) in [5, 5.41) is 11.4. The van der Waals surface area contributed by atoms with Crippen LogP contribution in [0.3, 0.4) is 0 Å². The molecule has 0 unspecified atom stereocenters. The molecule has 1 atom stereocenters. The summed E-state index contributed by atoms with van der Waals surface area (Å²) in [5.41, 5.74) is 0. The fraction of sp³-hybridized carbons (Fsp3) is 0.429. The lowest BCUT2D eigenvalue weighted by Gasteiger charge is -2.18. The second-order valence-electron chi connectivity index (χ2n) is 4.60. The predicted octanol–water partition coefficient (Wildman–Crippen LogP) is 1.30. The van der Waals surface area contributed by atoms with Gasteiger partial charge in [-0.15, -0.1) is 0 Å². The van der Waals surface area contributed by atoms with Crippen LogP contribution in [0, 0.1) is 5.92 Å². The first-order chi connectivity index (χ1) is 9.43. The maximum absolute atomic E-state index is 11.7. The molecule has 0 aromatic heterocycles. The minimum atomic E-state index is -1.06. The molecule has 0 radical (unpaired) electrons. The number of ether oxygens (including phenoxy) is 2. The molecule has 0 aliphatic heterocycles. The van der Waals surface area contributed by atoms with Crippen molar-refractivity contribution in [1.82, 2.24) is 5.32 Å². The number of carboxylic acid groups (broad SMARTS) is 1. The van der Waals surface area contributed by atoms with E-state index in [4.69, 9.17) is 14.6 Å². The second-order valence-corrected chi connectivity index (χ2v) is 4.60. The number of methoxy groups -OCH3 is 1. The molecule has 110 valence electrons. The molecule has 1 aromatic rings. The van der Waals surface area contributed by atoms with Gasteiger partial charge in [0.25, 0.3) is 5.91 Å². The number of hydrogen-bond donors (Lipinski definition) is 2. The summed E-state index contributed by atoms with van der Waals surface area (Å²) in [6, 6.07) is 5.90. The standard InChI is InChI=1S/C14H19NO5/c1-9(2)13(14(17)18)15-12(16)8-20-11-6-4-5-10(7-11)19-3/h4-7,9,13H,8H2,1-3H3,(H,15,16)(H,17,18)/t13-/m1/s1. The summed E-state index contributed by atoms with van der Waals surface area (Å²) in [5.74, 6) is -0.638. The van der Waals surface area contributed by atoms with E-state index >= 15 is 0 Å². The molecule has 2 N–H and O–H groups in total. The second kappa shape index (κ2) is 7.37. The van der Waals surface area contributed by atoms with Gasteiger partial charge in [0.15, 0.2) is 6.61 Å². The Morgan fingerprint density at radius 2 is 1.95 bits per heavy atom. The third-order valence-corrected chi connectivity index (χ3v) is 2.66. The molecule has 0 aliphatic rings. The molecule has 0 fully saturated rings. The van der Waals surface area contributed by atoms with Crippen molar-refractivity contribution in [3.05, 3.63) is 24.3 Å². The van der Waals surface area contributed by atoms with Crippen molar-refractivity contribution in [3.63, 3.8) is 0 Å². The number of nitrogens with one attached hydrogen (secondary N) is 1. The van der Waals surface area contributed by atoms with Crippen LogP contribution in [0.4, 0.5) is 0 Å². The topological polar surface area (TPSA) is 84.9 Å². The van der Waals surface area contributed by atoms with Crippen LogP contribution >= 0.6 is 0 Å². The summed E-state index contributed by atoms with van der Waals surface area (Å²) < 4.78 is 10.3. The Bertz CT molecular complexity index is 472. The smallest absolute Gasteiger partial charge is 0.326 e. The van der Waals surface area contributed by atoms with Crippen molar-refractivity contribution in [2.45, 2.75) is 19.9 Å². The molecule has 0 bridgehead atoms. The molecule has 0 heterocycles. The average Bonchev–Trinajstić information content (AvgIpc) is 2.42. The van der Waals surface area contributed by atoms with Crippen LogP contribution in [-0.4, -0.2) is 36.7 Å². The molecule has 1 aromatic carbocycles. The SMILES string of the molecule is COc1cccc(OCC(=O)N[C@@H](C(=O)O)C(C)C)c1. The van der Waals surface area contributed by atoms with Gasteiger partial charge in [-0.25, -0.2) is 4.79 Å². The lowest BCUT2D eigenvalue weighted by Crippen LogP contribution is -2.46. The number of carbonyl (C=O) groups is 2. The molecule has 0 aliphatic carbocycles. The zero-order chi connectivity index (χ0) is 15.1. The molecule has 1 amide bonds. The number of carboxylic acids is 1. The first-order valence-electron chi connectivity index (χ1n) is 6.23. The maximum Gasteiger partial charge on any atom is 0.326 e. The number of carbonyl (C=O) groups excluding carboxylic acids is 1. The van der Waals surface area contributed by atoms with Gasteiger partial charge in [-0.3, -0.25) is 4.79 Å². The highest BCUT2D eigenvalue weighted by Crippen LogP contribution is 2.18. The zero-order valence-corrected chi connectivity index (χ0v) is 11.8. The molecular weight excluding hydrogens is 262 g/mol. The van der Waals surface area contributed by atoms with Crippen LogP contribution in [0.1, 0.15) is 13.8 Å². The van der Waals surface area contributed by atoms with E-state index in [1.165, 1.54) is 7.11 Å². The van der Waals surface area contributed by atoms with Crippen molar-refractivity contribution in [1.29, 1.82) is 0 Å². The first kappa shape index (κ1) is 15.8. The Balaban J connectivity index is 2.52. The van der Waals surface area contributed by atoms with E-state index in [0.717, 1.165) is 0 Å². The molecular formula is C14H19NO5. The zero-order valence-electron chi connectivity index (χ0n) is 11.8. The quantitative estimate of drug-likeness (QED) is 0.787. The normalized spacial score (nSPS) is 11.8. The monoisotopic (exact) mass is 281 g/mol. The van der Waals surface area contributed by atoms with Gasteiger partial charge >= 0.3 is 5.97 Å². The van der Waals surface area contributed by atoms with E-state index in [-0.39, 0.29) is 12.5 Å². The molecule has 6 heteroatoms. The van der Waals surface area contributed by atoms with Gasteiger partial charge in [-0.05, 0) is 18.1 Å². The number of hydrogen-bond acceptors (Lipinski definition) is 4. The fourth-order valence-corrected chi connectivity index (χ4v) is 1.57. The highest BCUT2D eigenvalue weighted by Gasteiger charge is 2.23. The average molecular weight is 281 g/mol. The van der Waals surface area contributed by atoms with Crippen LogP contribution in [0.2, 0.25) is 0 Å². The highest BCUT2D eigenvalue weighted by molar-refractivity contribution is 5.84. The van der Waals surface area contributed by atoms with Crippen molar-refractivity contribution in [3.8, 4) is 11.5 Å². The van der Waals surface area contributed by atoms with E-state index in [2.05, 4.69) is 5.32 Å². The summed E-state index contributed by atoms with van der Waals surface area (Å²) in [7, 11) is 1.53. The number of rotatable bonds is 7. The first-order valence-corrected chi connectivity index (χ1v) is 6.23. The van der Waals surface area contributed by atoms with E-state index in [1.807, 2.05) is 0 Å². The third-order valence-electron chi connectivity index (χ3n) is 2.66. The molecule has 20 heavy (non-hydrogen) atoms. The van der Waals surface area contributed by atoms with Gasteiger partial charge in [0.2, 0.25) is 0 Å².